The van der Waals surface area contributed by atoms with Gasteiger partial charge in [0, 0.05) is 5.02 Å². The Balaban J connectivity index is 1.55. The van der Waals surface area contributed by atoms with Gasteiger partial charge in [-0.1, -0.05) is 41.4 Å². The first-order valence-corrected chi connectivity index (χ1v) is 12.6. The highest BCUT2D eigenvalue weighted by molar-refractivity contribution is 8.18. The number of ether oxygens (including phenoxy) is 2. The number of thioether (sulfide) groups is 1. The second kappa shape index (κ2) is 11.2. The molecule has 3 aromatic carbocycles. The third-order valence-electron chi connectivity index (χ3n) is 5.30. The van der Waals surface area contributed by atoms with Crippen LogP contribution in [0.1, 0.15) is 29.2 Å². The van der Waals surface area contributed by atoms with Crippen LogP contribution >= 0.6 is 35.0 Å². The van der Waals surface area contributed by atoms with Gasteiger partial charge in [0.25, 0.3) is 5.91 Å². The van der Waals surface area contributed by atoms with Gasteiger partial charge < -0.3 is 14.8 Å². The minimum atomic E-state index is -0.213. The number of amidine groups is 1. The van der Waals surface area contributed by atoms with Crippen LogP contribution in [0.5, 0.6) is 11.5 Å². The van der Waals surface area contributed by atoms with Crippen LogP contribution in [-0.2, 0) is 11.4 Å². The Morgan fingerprint density at radius 2 is 1.77 bits per heavy atom. The largest absolute Gasteiger partial charge is 0.490 e. The number of halogens is 2. The lowest BCUT2D eigenvalue weighted by Gasteiger charge is -2.15. The molecule has 0 spiro atoms. The van der Waals surface area contributed by atoms with Crippen molar-refractivity contribution in [3.8, 4) is 11.5 Å². The average molecular weight is 527 g/mol. The predicted octanol–water partition coefficient (Wildman–Crippen LogP) is 7.48. The van der Waals surface area contributed by atoms with E-state index < -0.39 is 0 Å². The summed E-state index contributed by atoms with van der Waals surface area (Å²) in [5.74, 6) is 0.745. The summed E-state index contributed by atoms with van der Waals surface area (Å²) in [6.45, 7) is 6.73. The smallest absolute Gasteiger partial charge is 0.264 e. The van der Waals surface area contributed by atoms with Gasteiger partial charge in [0.2, 0.25) is 0 Å². The Hall–Kier alpha value is -2.93. The zero-order valence-electron chi connectivity index (χ0n) is 19.5. The molecule has 1 saturated heterocycles. The molecule has 0 aromatic heterocycles. The first-order chi connectivity index (χ1) is 16.8. The van der Waals surface area contributed by atoms with E-state index in [2.05, 4.69) is 17.2 Å². The molecule has 180 valence electrons. The Kier molecular flexibility index (Phi) is 8.06. The Morgan fingerprint density at radius 3 is 2.49 bits per heavy atom. The van der Waals surface area contributed by atoms with Crippen molar-refractivity contribution in [3.63, 3.8) is 0 Å². The molecule has 1 heterocycles. The fourth-order valence-corrected chi connectivity index (χ4v) is 4.60. The van der Waals surface area contributed by atoms with Gasteiger partial charge in [0.05, 0.1) is 22.2 Å². The number of hydrogen-bond donors (Lipinski definition) is 1. The first-order valence-electron chi connectivity index (χ1n) is 11.0. The van der Waals surface area contributed by atoms with E-state index in [0.29, 0.717) is 44.8 Å². The van der Waals surface area contributed by atoms with Crippen molar-refractivity contribution >= 4 is 57.8 Å². The molecule has 0 aliphatic carbocycles. The Morgan fingerprint density at radius 1 is 1.00 bits per heavy atom. The molecule has 1 amide bonds. The van der Waals surface area contributed by atoms with E-state index in [1.165, 1.54) is 17.3 Å². The molecule has 0 saturated carbocycles. The molecule has 5 nitrogen and oxygen atoms in total. The molecule has 1 fully saturated rings. The highest BCUT2D eigenvalue weighted by atomic mass is 35.5. The number of hydrogen-bond acceptors (Lipinski definition) is 5. The zero-order valence-corrected chi connectivity index (χ0v) is 21.9. The number of benzene rings is 3. The van der Waals surface area contributed by atoms with Gasteiger partial charge in [-0.3, -0.25) is 4.79 Å². The second-order valence-corrected chi connectivity index (χ2v) is 9.80. The summed E-state index contributed by atoms with van der Waals surface area (Å²) < 4.78 is 11.8. The summed E-state index contributed by atoms with van der Waals surface area (Å²) in [7, 11) is 0. The molecule has 3 aromatic rings. The first kappa shape index (κ1) is 25.2. The lowest BCUT2D eigenvalue weighted by Crippen LogP contribution is -2.19. The molecule has 35 heavy (non-hydrogen) atoms. The predicted molar refractivity (Wildman–Crippen MR) is 145 cm³/mol. The highest BCUT2D eigenvalue weighted by Crippen LogP contribution is 2.39. The summed E-state index contributed by atoms with van der Waals surface area (Å²) in [5, 5.41) is 4.41. The Labute approximate surface area is 219 Å². The lowest BCUT2D eigenvalue weighted by atomic mass is 10.1. The van der Waals surface area contributed by atoms with Gasteiger partial charge in [-0.2, -0.15) is 0 Å². The quantitative estimate of drug-likeness (QED) is 0.324. The van der Waals surface area contributed by atoms with E-state index in [9.17, 15) is 4.79 Å². The monoisotopic (exact) mass is 526 g/mol. The van der Waals surface area contributed by atoms with Crippen LogP contribution in [0.4, 0.5) is 5.69 Å². The van der Waals surface area contributed by atoms with Crippen molar-refractivity contribution in [2.45, 2.75) is 27.4 Å². The van der Waals surface area contributed by atoms with Gasteiger partial charge in [-0.15, -0.1) is 0 Å². The third kappa shape index (κ3) is 6.40. The summed E-state index contributed by atoms with van der Waals surface area (Å²) in [4.78, 5) is 17.6. The number of amides is 1. The number of aliphatic imine (C=N–C) groups is 1. The minimum absolute atomic E-state index is 0.213. The molecule has 0 bridgehead atoms. The zero-order chi connectivity index (χ0) is 24.9. The SMILES string of the molecule is CCOc1cc(/C=C2\SC(=Nc3ccc(C)c(C)c3)NC2=O)cc(Cl)c1OCc1ccc(Cl)cc1. The minimum Gasteiger partial charge on any atom is -0.490 e. The van der Waals surface area contributed by atoms with Crippen LogP contribution < -0.4 is 14.8 Å². The third-order valence-corrected chi connectivity index (χ3v) is 6.74. The molecule has 1 aliphatic heterocycles. The number of nitrogens with one attached hydrogen (secondary N) is 1. The molecule has 1 N–H and O–H groups in total. The van der Waals surface area contributed by atoms with Crippen molar-refractivity contribution < 1.29 is 14.3 Å². The second-order valence-electron chi connectivity index (χ2n) is 7.93. The van der Waals surface area contributed by atoms with Crippen LogP contribution in [-0.4, -0.2) is 17.7 Å². The molecular weight excluding hydrogens is 503 g/mol. The summed E-state index contributed by atoms with van der Waals surface area (Å²) in [6.07, 6.45) is 1.76. The number of aryl methyl sites for hydroxylation is 2. The number of carbonyl (C=O) groups excluding carboxylic acids is 1. The highest BCUT2D eigenvalue weighted by Gasteiger charge is 2.24. The molecule has 0 unspecified atom stereocenters. The van der Waals surface area contributed by atoms with E-state index in [0.717, 1.165) is 22.4 Å². The molecule has 4 rings (SSSR count). The maximum absolute atomic E-state index is 12.6. The van der Waals surface area contributed by atoms with Gasteiger partial charge >= 0.3 is 0 Å². The summed E-state index contributed by atoms with van der Waals surface area (Å²) in [6, 6.07) is 16.9. The number of carbonyl (C=O) groups is 1. The lowest BCUT2D eigenvalue weighted by molar-refractivity contribution is -0.115. The molecular formula is C27H24Cl2N2O3S. The van der Waals surface area contributed by atoms with Crippen molar-refractivity contribution in [2.24, 2.45) is 4.99 Å². The van der Waals surface area contributed by atoms with Crippen LogP contribution in [0.3, 0.4) is 0 Å². The van der Waals surface area contributed by atoms with Crippen molar-refractivity contribution in [3.05, 3.63) is 91.8 Å². The Bertz CT molecular complexity index is 1320. The average Bonchev–Trinajstić information content (AvgIpc) is 3.15. The van der Waals surface area contributed by atoms with Crippen LogP contribution in [0.2, 0.25) is 10.0 Å². The van der Waals surface area contributed by atoms with Crippen LogP contribution in [0, 0.1) is 13.8 Å². The van der Waals surface area contributed by atoms with E-state index in [4.69, 9.17) is 32.7 Å². The van der Waals surface area contributed by atoms with E-state index in [-0.39, 0.29) is 5.91 Å². The number of nitrogens with zero attached hydrogens (tertiary/aromatic N) is 1. The van der Waals surface area contributed by atoms with Crippen LogP contribution in [0.25, 0.3) is 6.08 Å². The van der Waals surface area contributed by atoms with Gasteiger partial charge in [0.1, 0.15) is 6.61 Å². The molecule has 0 atom stereocenters. The molecule has 0 radical (unpaired) electrons. The van der Waals surface area contributed by atoms with Crippen molar-refractivity contribution in [1.82, 2.24) is 5.32 Å². The van der Waals surface area contributed by atoms with Gasteiger partial charge in [-0.05, 0) is 97.3 Å². The topological polar surface area (TPSA) is 59.9 Å². The standard InChI is InChI=1S/C27H24Cl2N2O3S/c1-4-33-23-13-19(12-22(29)25(23)34-15-18-6-8-20(28)9-7-18)14-24-26(32)31-27(35-24)30-21-10-5-16(2)17(3)11-21/h5-14H,4,15H2,1-3H3,(H,30,31,32)/b24-14-. The molecule has 8 heteroatoms. The normalized spacial score (nSPS) is 15.5. The maximum atomic E-state index is 12.6. The van der Waals surface area contributed by atoms with Crippen molar-refractivity contribution in [1.29, 1.82) is 0 Å². The maximum Gasteiger partial charge on any atom is 0.264 e. The van der Waals surface area contributed by atoms with Crippen molar-refractivity contribution in [2.75, 3.05) is 6.61 Å². The number of rotatable bonds is 7. The van der Waals surface area contributed by atoms with Gasteiger partial charge in [-0.25, -0.2) is 4.99 Å². The fraction of sp³-hybridized carbons (Fsp3) is 0.185. The van der Waals surface area contributed by atoms with E-state index in [1.807, 2.05) is 62.4 Å². The van der Waals surface area contributed by atoms with E-state index in [1.54, 1.807) is 12.1 Å². The summed E-state index contributed by atoms with van der Waals surface area (Å²) >= 11 is 13.8. The fourth-order valence-electron chi connectivity index (χ4n) is 3.35. The van der Waals surface area contributed by atoms with E-state index >= 15 is 0 Å². The van der Waals surface area contributed by atoms with Crippen LogP contribution in [0.15, 0.2) is 64.5 Å². The van der Waals surface area contributed by atoms with Gasteiger partial charge in [0.15, 0.2) is 16.7 Å². The summed E-state index contributed by atoms with van der Waals surface area (Å²) in [5.41, 5.74) is 4.81. The molecule has 1 aliphatic rings.